The van der Waals surface area contributed by atoms with Gasteiger partial charge < -0.3 is 33.8 Å². The highest BCUT2D eigenvalue weighted by Crippen LogP contribution is 2.45. The Balaban J connectivity index is 5.29. The molecule has 17 nitrogen and oxygen atoms in total. The molecule has 0 radical (unpaired) electrons. The van der Waals surface area contributed by atoms with Gasteiger partial charge in [0.2, 0.25) is 0 Å². The maximum absolute atomic E-state index is 13.1. The predicted molar refractivity (Wildman–Crippen MR) is 432 cm³/mol. The highest BCUT2D eigenvalue weighted by atomic mass is 31.2. The zero-order valence-corrected chi connectivity index (χ0v) is 70.1. The van der Waals surface area contributed by atoms with Gasteiger partial charge in [-0.15, -0.1) is 0 Å². The van der Waals surface area contributed by atoms with Gasteiger partial charge in [-0.25, -0.2) is 9.13 Å². The first kappa shape index (κ1) is 103. The first-order chi connectivity index (χ1) is 51.0. The van der Waals surface area contributed by atoms with E-state index in [9.17, 15) is 43.2 Å². The lowest BCUT2D eigenvalue weighted by Gasteiger charge is -2.21. The standard InChI is InChI=1S/C86H164O17P2/c1-6-9-12-15-18-21-24-27-29-30-31-32-33-35-42-47-52-57-62-67-72-86(91)103-82(76-97-84(89)70-65-60-55-50-45-40-37-36-39-43-48-53-58-63-68-79(4)5)78-101-105(94,95)99-74-80(87)73-98-104(92,93)100-77-81(75-96-83(88)69-64-59-54-49-44-38-26-23-20-17-14-11-8-3)102-85(90)71-66-61-56-51-46-41-34-28-25-22-19-16-13-10-7-2/h22,25,28,34,79-82,87H,6-21,23-24,26-27,29-33,35-78H2,1-5H3,(H,92,93)(H,94,95)/b25-22-,34-28-/t80-,81+,82+/m0/s1. The second-order valence-electron chi connectivity index (χ2n) is 30.7. The lowest BCUT2D eigenvalue weighted by Crippen LogP contribution is -2.30. The van der Waals surface area contributed by atoms with Gasteiger partial charge in [-0.3, -0.25) is 37.3 Å². The normalized spacial score (nSPS) is 13.9. The van der Waals surface area contributed by atoms with E-state index in [1.807, 2.05) is 0 Å². The third-order valence-electron chi connectivity index (χ3n) is 19.7. The molecule has 0 heterocycles. The van der Waals surface area contributed by atoms with Gasteiger partial charge in [0.05, 0.1) is 26.4 Å². The number of carbonyl (C=O) groups is 4. The quantitative estimate of drug-likeness (QED) is 0.0169. The molecule has 5 atom stereocenters. The summed E-state index contributed by atoms with van der Waals surface area (Å²) in [6, 6.07) is 0. The number of rotatable bonds is 84. The van der Waals surface area contributed by atoms with Crippen LogP contribution in [-0.2, 0) is 65.4 Å². The van der Waals surface area contributed by atoms with E-state index in [2.05, 4.69) is 58.9 Å². The SMILES string of the molecule is CCCCCC/C=C\C=C/CCCCCCCC(=O)O[C@H](COC(=O)CCCCCCCCCCCCCCC)COP(=O)(O)OC[C@H](O)COP(=O)(O)OC[C@@H](COC(=O)CCCCCCCCCCCCCCCCC(C)C)OC(=O)CCCCCCCCCCCCCCCCCCCCCC. The molecule has 0 fully saturated rings. The average Bonchev–Trinajstić information content (AvgIpc) is 0.941. The van der Waals surface area contributed by atoms with Gasteiger partial charge in [0.25, 0.3) is 0 Å². The Hall–Kier alpha value is -2.46. The summed E-state index contributed by atoms with van der Waals surface area (Å²) in [5, 5.41) is 10.7. The minimum Gasteiger partial charge on any atom is -0.462 e. The molecule has 0 aliphatic heterocycles. The van der Waals surface area contributed by atoms with E-state index >= 15 is 0 Å². The number of ether oxygens (including phenoxy) is 4. The van der Waals surface area contributed by atoms with E-state index in [1.165, 1.54) is 250 Å². The number of hydrogen-bond acceptors (Lipinski definition) is 15. The summed E-state index contributed by atoms with van der Waals surface area (Å²) in [6.07, 6.45) is 74.3. The minimum absolute atomic E-state index is 0.0859. The minimum atomic E-state index is -4.97. The zero-order valence-electron chi connectivity index (χ0n) is 68.4. The number of carbonyl (C=O) groups excluding carboxylic acids is 4. The van der Waals surface area contributed by atoms with Crippen LogP contribution in [0.5, 0.6) is 0 Å². The maximum Gasteiger partial charge on any atom is 0.472 e. The van der Waals surface area contributed by atoms with Crippen LogP contribution in [0.3, 0.4) is 0 Å². The van der Waals surface area contributed by atoms with Gasteiger partial charge in [0.15, 0.2) is 12.2 Å². The van der Waals surface area contributed by atoms with Gasteiger partial charge >= 0.3 is 39.5 Å². The van der Waals surface area contributed by atoms with Crippen molar-refractivity contribution in [3.63, 3.8) is 0 Å². The highest BCUT2D eigenvalue weighted by molar-refractivity contribution is 7.47. The summed E-state index contributed by atoms with van der Waals surface area (Å²) < 4.78 is 68.9. The summed E-state index contributed by atoms with van der Waals surface area (Å²) >= 11 is 0. The van der Waals surface area contributed by atoms with Crippen LogP contribution in [0.2, 0.25) is 0 Å². The maximum atomic E-state index is 13.1. The molecule has 0 amide bonds. The first-order valence-corrected chi connectivity index (χ1v) is 46.9. The molecular formula is C86H164O17P2. The van der Waals surface area contributed by atoms with Crippen molar-refractivity contribution in [2.24, 2.45) is 5.92 Å². The predicted octanol–water partition coefficient (Wildman–Crippen LogP) is 25.9. The molecule has 0 aromatic carbocycles. The highest BCUT2D eigenvalue weighted by Gasteiger charge is 2.30. The number of hydrogen-bond donors (Lipinski definition) is 3. The molecule has 0 bridgehead atoms. The molecule has 19 heteroatoms. The van der Waals surface area contributed by atoms with Crippen molar-refractivity contribution >= 4 is 39.5 Å². The molecule has 0 aliphatic rings. The van der Waals surface area contributed by atoms with Crippen LogP contribution in [-0.4, -0.2) is 96.7 Å². The van der Waals surface area contributed by atoms with Gasteiger partial charge in [-0.05, 0) is 57.3 Å². The molecule has 105 heavy (non-hydrogen) atoms. The van der Waals surface area contributed by atoms with Crippen molar-refractivity contribution < 1.29 is 80.2 Å². The molecule has 0 rings (SSSR count). The number of allylic oxidation sites excluding steroid dienone is 4. The Morgan fingerprint density at radius 2 is 0.514 bits per heavy atom. The molecule has 0 aromatic heterocycles. The first-order valence-electron chi connectivity index (χ1n) is 44.0. The Morgan fingerprint density at radius 1 is 0.295 bits per heavy atom. The lowest BCUT2D eigenvalue weighted by atomic mass is 10.0. The Labute approximate surface area is 643 Å². The smallest absolute Gasteiger partial charge is 0.462 e. The van der Waals surface area contributed by atoms with Crippen LogP contribution in [0, 0.1) is 5.92 Å². The van der Waals surface area contributed by atoms with Crippen LogP contribution < -0.4 is 0 Å². The number of phosphoric ester groups is 2. The van der Waals surface area contributed by atoms with E-state index < -0.39 is 97.5 Å². The zero-order chi connectivity index (χ0) is 76.9. The monoisotopic (exact) mass is 1530 g/mol. The van der Waals surface area contributed by atoms with Gasteiger partial charge in [-0.2, -0.15) is 0 Å². The van der Waals surface area contributed by atoms with Crippen LogP contribution in [0.1, 0.15) is 439 Å². The van der Waals surface area contributed by atoms with Crippen LogP contribution in [0.25, 0.3) is 0 Å². The molecular weight excluding hydrogens is 1370 g/mol. The van der Waals surface area contributed by atoms with Crippen LogP contribution in [0.15, 0.2) is 24.3 Å². The Kier molecular flexibility index (Phi) is 76.4. The number of unbranched alkanes of at least 4 members (excludes halogenated alkanes) is 53. The van der Waals surface area contributed by atoms with Crippen molar-refractivity contribution in [3.05, 3.63) is 24.3 Å². The van der Waals surface area contributed by atoms with Crippen LogP contribution in [0.4, 0.5) is 0 Å². The largest absolute Gasteiger partial charge is 0.472 e. The molecule has 0 saturated heterocycles. The van der Waals surface area contributed by atoms with Crippen molar-refractivity contribution in [2.75, 3.05) is 39.6 Å². The van der Waals surface area contributed by atoms with Crippen molar-refractivity contribution in [3.8, 4) is 0 Å². The summed E-state index contributed by atoms with van der Waals surface area (Å²) in [5.74, 6) is -1.33. The summed E-state index contributed by atoms with van der Waals surface area (Å²) in [5.41, 5.74) is 0. The lowest BCUT2D eigenvalue weighted by molar-refractivity contribution is -0.161. The van der Waals surface area contributed by atoms with Gasteiger partial charge in [0.1, 0.15) is 19.3 Å². The van der Waals surface area contributed by atoms with Gasteiger partial charge in [0, 0.05) is 25.7 Å². The van der Waals surface area contributed by atoms with E-state index in [1.54, 1.807) is 0 Å². The summed E-state index contributed by atoms with van der Waals surface area (Å²) in [7, 11) is -9.94. The fraction of sp³-hybridized carbons (Fsp3) is 0.907. The van der Waals surface area contributed by atoms with E-state index in [-0.39, 0.29) is 25.7 Å². The third kappa shape index (κ3) is 79.4. The fourth-order valence-corrected chi connectivity index (χ4v) is 14.5. The molecule has 0 aromatic rings. The second kappa shape index (κ2) is 78.2. The Morgan fingerprint density at radius 3 is 0.781 bits per heavy atom. The van der Waals surface area contributed by atoms with Crippen LogP contribution >= 0.6 is 15.6 Å². The Bertz CT molecular complexity index is 2090. The van der Waals surface area contributed by atoms with E-state index in [0.717, 1.165) is 109 Å². The van der Waals surface area contributed by atoms with Crippen molar-refractivity contribution in [2.45, 2.75) is 457 Å². The molecule has 2 unspecified atom stereocenters. The van der Waals surface area contributed by atoms with Crippen molar-refractivity contribution in [1.82, 2.24) is 0 Å². The number of phosphoric acid groups is 2. The molecule has 620 valence electrons. The second-order valence-corrected chi connectivity index (χ2v) is 33.6. The fourth-order valence-electron chi connectivity index (χ4n) is 12.9. The number of aliphatic hydroxyl groups excluding tert-OH is 1. The van der Waals surface area contributed by atoms with E-state index in [4.69, 9.17) is 37.0 Å². The molecule has 0 aliphatic carbocycles. The molecule has 0 saturated carbocycles. The average molecular weight is 1530 g/mol. The third-order valence-corrected chi connectivity index (χ3v) is 21.6. The topological polar surface area (TPSA) is 237 Å². The number of aliphatic hydroxyl groups is 1. The summed E-state index contributed by atoms with van der Waals surface area (Å²) in [4.78, 5) is 73.2. The number of esters is 4. The molecule has 3 N–H and O–H groups in total. The van der Waals surface area contributed by atoms with E-state index in [0.29, 0.717) is 25.7 Å². The van der Waals surface area contributed by atoms with Crippen molar-refractivity contribution in [1.29, 1.82) is 0 Å². The van der Waals surface area contributed by atoms with Gasteiger partial charge in [-0.1, -0.05) is 386 Å². The summed E-state index contributed by atoms with van der Waals surface area (Å²) in [6.45, 7) is 7.32. The molecule has 0 spiro atoms.